The summed E-state index contributed by atoms with van der Waals surface area (Å²) in [6, 6.07) is 21.6. The van der Waals surface area contributed by atoms with Crippen LogP contribution in [0.15, 0.2) is 72.8 Å². The Bertz CT molecular complexity index is 1120. The zero-order valence-corrected chi connectivity index (χ0v) is 16.9. The largest absolute Gasteiger partial charge is 0.346 e. The first-order chi connectivity index (χ1) is 14.5. The number of carbonyl (C=O) groups excluding carboxylic acids is 3. The van der Waals surface area contributed by atoms with E-state index in [2.05, 4.69) is 5.32 Å². The van der Waals surface area contributed by atoms with Gasteiger partial charge in [0.05, 0.1) is 23.7 Å². The number of hydrogen-bond donors (Lipinski definition) is 1. The molecule has 0 aliphatic carbocycles. The number of rotatable bonds is 5. The number of aryl methyl sites for hydroxylation is 1. The molecule has 0 saturated heterocycles. The molecule has 0 aromatic heterocycles. The molecule has 5 nitrogen and oxygen atoms in total. The smallest absolute Gasteiger partial charge is 0.261 e. The lowest BCUT2D eigenvalue weighted by molar-refractivity contribution is 0.0642. The monoisotopic (exact) mass is 398 g/mol. The molecule has 0 bridgehead atoms. The van der Waals surface area contributed by atoms with Crippen LogP contribution >= 0.6 is 0 Å². The van der Waals surface area contributed by atoms with Gasteiger partial charge in [0.15, 0.2) is 0 Å². The molecule has 1 heterocycles. The molecule has 1 atom stereocenters. The lowest BCUT2D eigenvalue weighted by atomic mass is 10.0. The third kappa shape index (κ3) is 3.62. The summed E-state index contributed by atoms with van der Waals surface area (Å²) < 4.78 is 0. The van der Waals surface area contributed by atoms with Crippen molar-refractivity contribution in [3.05, 3.63) is 106 Å². The van der Waals surface area contributed by atoms with Crippen LogP contribution in [-0.4, -0.2) is 22.6 Å². The molecule has 1 N–H and O–H groups in total. The van der Waals surface area contributed by atoms with Crippen LogP contribution in [0, 0.1) is 6.92 Å². The number of carbonyl (C=O) groups is 3. The molecular weight excluding hydrogens is 376 g/mol. The second kappa shape index (κ2) is 7.95. The van der Waals surface area contributed by atoms with E-state index >= 15 is 0 Å². The summed E-state index contributed by atoms with van der Waals surface area (Å²) in [4.78, 5) is 39.2. The van der Waals surface area contributed by atoms with Crippen LogP contribution in [0.5, 0.6) is 0 Å². The molecule has 4 rings (SSSR count). The van der Waals surface area contributed by atoms with Crippen LogP contribution in [-0.2, 0) is 6.54 Å². The Morgan fingerprint density at radius 1 is 0.900 bits per heavy atom. The molecule has 1 aliphatic heterocycles. The third-order valence-corrected chi connectivity index (χ3v) is 5.41. The first kappa shape index (κ1) is 19.6. The quantitative estimate of drug-likeness (QED) is 0.652. The fraction of sp³-hybridized carbons (Fsp3) is 0.160. The predicted octanol–water partition coefficient (Wildman–Crippen LogP) is 4.28. The summed E-state index contributed by atoms with van der Waals surface area (Å²) in [5, 5.41) is 3.02. The van der Waals surface area contributed by atoms with Gasteiger partial charge < -0.3 is 5.32 Å². The third-order valence-electron chi connectivity index (χ3n) is 5.41. The van der Waals surface area contributed by atoms with E-state index in [4.69, 9.17) is 0 Å². The zero-order chi connectivity index (χ0) is 21.3. The van der Waals surface area contributed by atoms with Gasteiger partial charge in [0.2, 0.25) is 0 Å². The van der Waals surface area contributed by atoms with E-state index in [0.717, 1.165) is 16.7 Å². The van der Waals surface area contributed by atoms with Gasteiger partial charge in [-0.15, -0.1) is 0 Å². The molecule has 0 fully saturated rings. The lowest BCUT2D eigenvalue weighted by Gasteiger charge is -2.17. The van der Waals surface area contributed by atoms with Crippen molar-refractivity contribution in [3.8, 4) is 0 Å². The Kier molecular flexibility index (Phi) is 5.19. The molecule has 5 heteroatoms. The van der Waals surface area contributed by atoms with Gasteiger partial charge in [0.1, 0.15) is 0 Å². The van der Waals surface area contributed by atoms with Crippen LogP contribution < -0.4 is 5.32 Å². The topological polar surface area (TPSA) is 66.5 Å². The Morgan fingerprint density at radius 2 is 1.53 bits per heavy atom. The van der Waals surface area contributed by atoms with Gasteiger partial charge in [-0.25, -0.2) is 0 Å². The SMILES string of the molecule is Cc1ccccc1C(C)NC(=O)c1cccc(CN2C(=O)c3ccccc3C2=O)c1. The van der Waals surface area contributed by atoms with Gasteiger partial charge in [0.25, 0.3) is 17.7 Å². The Labute approximate surface area is 175 Å². The molecule has 0 radical (unpaired) electrons. The van der Waals surface area contributed by atoms with Crippen LogP contribution in [0.1, 0.15) is 60.7 Å². The average Bonchev–Trinajstić information content (AvgIpc) is 2.99. The standard InChI is InChI=1S/C25H22N2O3/c1-16-8-3-4-11-20(16)17(2)26-23(28)19-10-7-9-18(14-19)15-27-24(29)21-12-5-6-13-22(21)25(27)30/h3-14,17H,15H2,1-2H3,(H,26,28). The van der Waals surface area contributed by atoms with Gasteiger partial charge in [-0.05, 0) is 54.8 Å². The molecule has 30 heavy (non-hydrogen) atoms. The van der Waals surface area contributed by atoms with Crippen LogP contribution in [0.25, 0.3) is 0 Å². The second-order valence-electron chi connectivity index (χ2n) is 7.49. The number of fused-ring (bicyclic) bond motifs is 1. The van der Waals surface area contributed by atoms with E-state index in [9.17, 15) is 14.4 Å². The van der Waals surface area contributed by atoms with Crippen molar-refractivity contribution in [3.63, 3.8) is 0 Å². The number of nitrogens with one attached hydrogen (secondary N) is 1. The molecule has 1 aliphatic rings. The maximum absolute atomic E-state index is 12.8. The Balaban J connectivity index is 1.49. The van der Waals surface area contributed by atoms with Crippen LogP contribution in [0.3, 0.4) is 0 Å². The van der Waals surface area contributed by atoms with Gasteiger partial charge in [0, 0.05) is 5.56 Å². The highest BCUT2D eigenvalue weighted by Gasteiger charge is 2.35. The Hall–Kier alpha value is -3.73. The molecule has 0 spiro atoms. The van der Waals surface area contributed by atoms with Gasteiger partial charge in [-0.2, -0.15) is 0 Å². The van der Waals surface area contributed by atoms with Crippen molar-refractivity contribution in [2.75, 3.05) is 0 Å². The number of amides is 3. The number of hydrogen-bond acceptors (Lipinski definition) is 3. The first-order valence-corrected chi connectivity index (χ1v) is 9.86. The molecule has 3 amide bonds. The molecule has 150 valence electrons. The average molecular weight is 398 g/mol. The maximum atomic E-state index is 12.8. The lowest BCUT2D eigenvalue weighted by Crippen LogP contribution is -2.29. The fourth-order valence-electron chi connectivity index (χ4n) is 3.81. The minimum absolute atomic E-state index is 0.126. The number of nitrogens with zero attached hydrogens (tertiary/aromatic N) is 1. The van der Waals surface area contributed by atoms with Crippen molar-refractivity contribution < 1.29 is 14.4 Å². The molecule has 3 aromatic carbocycles. The summed E-state index contributed by atoms with van der Waals surface area (Å²) >= 11 is 0. The van der Waals surface area contributed by atoms with E-state index in [-0.39, 0.29) is 30.3 Å². The van der Waals surface area contributed by atoms with E-state index in [0.29, 0.717) is 16.7 Å². The minimum atomic E-state index is -0.307. The molecule has 1 unspecified atom stereocenters. The first-order valence-electron chi connectivity index (χ1n) is 9.86. The van der Waals surface area contributed by atoms with E-state index in [1.807, 2.05) is 44.2 Å². The van der Waals surface area contributed by atoms with Crippen molar-refractivity contribution in [2.45, 2.75) is 26.4 Å². The van der Waals surface area contributed by atoms with Gasteiger partial charge in [-0.1, -0.05) is 48.5 Å². The van der Waals surface area contributed by atoms with Gasteiger partial charge >= 0.3 is 0 Å². The van der Waals surface area contributed by atoms with Crippen molar-refractivity contribution >= 4 is 17.7 Å². The van der Waals surface area contributed by atoms with Crippen LogP contribution in [0.2, 0.25) is 0 Å². The number of benzene rings is 3. The van der Waals surface area contributed by atoms with Crippen molar-refractivity contribution in [2.24, 2.45) is 0 Å². The van der Waals surface area contributed by atoms with E-state index in [1.54, 1.807) is 42.5 Å². The number of imide groups is 1. The molecular formula is C25H22N2O3. The van der Waals surface area contributed by atoms with Gasteiger partial charge in [-0.3, -0.25) is 19.3 Å². The van der Waals surface area contributed by atoms with Crippen molar-refractivity contribution in [1.29, 1.82) is 0 Å². The summed E-state index contributed by atoms with van der Waals surface area (Å²) in [6.45, 7) is 4.09. The highest BCUT2D eigenvalue weighted by Crippen LogP contribution is 2.24. The minimum Gasteiger partial charge on any atom is -0.346 e. The highest BCUT2D eigenvalue weighted by molar-refractivity contribution is 6.21. The summed E-state index contributed by atoms with van der Waals surface area (Å²) in [5.74, 6) is -0.813. The van der Waals surface area contributed by atoms with Crippen molar-refractivity contribution in [1.82, 2.24) is 10.2 Å². The normalized spacial score (nSPS) is 13.9. The van der Waals surface area contributed by atoms with E-state index in [1.165, 1.54) is 4.90 Å². The zero-order valence-electron chi connectivity index (χ0n) is 16.9. The summed E-state index contributed by atoms with van der Waals surface area (Å²) in [5.41, 5.74) is 4.23. The molecule has 3 aromatic rings. The van der Waals surface area contributed by atoms with Crippen LogP contribution in [0.4, 0.5) is 0 Å². The predicted molar refractivity (Wildman–Crippen MR) is 114 cm³/mol. The van der Waals surface area contributed by atoms with E-state index < -0.39 is 0 Å². The maximum Gasteiger partial charge on any atom is 0.261 e. The second-order valence-corrected chi connectivity index (χ2v) is 7.49. The molecule has 0 saturated carbocycles. The Morgan fingerprint density at radius 3 is 2.20 bits per heavy atom. The fourth-order valence-corrected chi connectivity index (χ4v) is 3.81. The summed E-state index contributed by atoms with van der Waals surface area (Å²) in [7, 11) is 0. The highest BCUT2D eigenvalue weighted by atomic mass is 16.2. The summed E-state index contributed by atoms with van der Waals surface area (Å²) in [6.07, 6.45) is 0.